The molecule has 3 aromatic carbocycles. The number of methoxy groups -OCH3 is 1. The molecule has 0 radical (unpaired) electrons. The summed E-state index contributed by atoms with van der Waals surface area (Å²) in [6.07, 6.45) is 0.390. The minimum Gasteiger partial charge on any atom is -0.497 e. The van der Waals surface area contributed by atoms with Gasteiger partial charge in [0, 0.05) is 12.5 Å². The van der Waals surface area contributed by atoms with Gasteiger partial charge < -0.3 is 15.0 Å². The molecule has 0 saturated heterocycles. The lowest BCUT2D eigenvalue weighted by atomic mass is 9.98. The van der Waals surface area contributed by atoms with Gasteiger partial charge in [-0.3, -0.25) is 9.59 Å². The van der Waals surface area contributed by atoms with Gasteiger partial charge in [0.15, 0.2) is 0 Å². The third-order valence-corrected chi connectivity index (χ3v) is 5.10. The number of hydrogen-bond donors (Lipinski definition) is 2. The van der Waals surface area contributed by atoms with Crippen molar-refractivity contribution in [2.24, 2.45) is 0 Å². The summed E-state index contributed by atoms with van der Waals surface area (Å²) >= 11 is 0. The van der Waals surface area contributed by atoms with Gasteiger partial charge in [0.25, 0.3) is 11.5 Å². The number of benzene rings is 3. The molecule has 0 aliphatic rings. The highest BCUT2D eigenvalue weighted by atomic mass is 16.5. The standard InChI is InChI=1S/C26H23N3O3/c1-32-21-14-12-18(13-15-21)16-23-27-22(17-24(30)28-23)26(31)29-25(19-8-4-2-5-9-19)20-10-6-3-7-11-20/h2-15,17,25H,16H2,1H3,(H,29,31)(H,27,28,30). The number of amides is 1. The summed E-state index contributed by atoms with van der Waals surface area (Å²) in [6.45, 7) is 0. The molecule has 160 valence electrons. The molecule has 1 aromatic heterocycles. The highest BCUT2D eigenvalue weighted by molar-refractivity contribution is 5.92. The van der Waals surface area contributed by atoms with Crippen LogP contribution in [-0.2, 0) is 6.42 Å². The summed E-state index contributed by atoms with van der Waals surface area (Å²) in [4.78, 5) is 32.5. The van der Waals surface area contributed by atoms with E-state index in [-0.39, 0.29) is 17.3 Å². The van der Waals surface area contributed by atoms with Crippen LogP contribution in [0.3, 0.4) is 0 Å². The fraction of sp³-hybridized carbons (Fsp3) is 0.115. The molecule has 4 aromatic rings. The molecule has 0 fully saturated rings. The van der Waals surface area contributed by atoms with Crippen LogP contribution < -0.4 is 15.6 Å². The zero-order valence-corrected chi connectivity index (χ0v) is 17.6. The third kappa shape index (κ3) is 5.10. The Morgan fingerprint density at radius 2 is 1.53 bits per heavy atom. The van der Waals surface area contributed by atoms with E-state index in [0.29, 0.717) is 12.2 Å². The van der Waals surface area contributed by atoms with E-state index < -0.39 is 5.91 Å². The Balaban J connectivity index is 1.59. The first kappa shape index (κ1) is 21.1. The van der Waals surface area contributed by atoms with Gasteiger partial charge in [-0.1, -0.05) is 72.8 Å². The van der Waals surface area contributed by atoms with Crippen molar-refractivity contribution in [3.63, 3.8) is 0 Å². The molecule has 32 heavy (non-hydrogen) atoms. The quantitative estimate of drug-likeness (QED) is 0.471. The van der Waals surface area contributed by atoms with Gasteiger partial charge in [0.2, 0.25) is 0 Å². The van der Waals surface area contributed by atoms with E-state index in [9.17, 15) is 9.59 Å². The number of aromatic nitrogens is 2. The number of carbonyl (C=O) groups is 1. The monoisotopic (exact) mass is 425 g/mol. The fourth-order valence-electron chi connectivity index (χ4n) is 3.50. The van der Waals surface area contributed by atoms with E-state index >= 15 is 0 Å². The summed E-state index contributed by atoms with van der Waals surface area (Å²) in [5.41, 5.74) is 2.53. The van der Waals surface area contributed by atoms with Crippen molar-refractivity contribution in [1.82, 2.24) is 15.3 Å². The number of hydrogen-bond acceptors (Lipinski definition) is 4. The van der Waals surface area contributed by atoms with Crippen LogP contribution in [0.1, 0.15) is 39.0 Å². The number of H-pyrrole nitrogens is 1. The molecule has 0 atom stereocenters. The smallest absolute Gasteiger partial charge is 0.270 e. The fourth-order valence-corrected chi connectivity index (χ4v) is 3.50. The second-order valence-electron chi connectivity index (χ2n) is 7.33. The van der Waals surface area contributed by atoms with Gasteiger partial charge >= 0.3 is 0 Å². The first-order valence-corrected chi connectivity index (χ1v) is 10.3. The molecular formula is C26H23N3O3. The molecule has 0 aliphatic carbocycles. The number of carbonyl (C=O) groups excluding carboxylic acids is 1. The maximum atomic E-state index is 13.1. The van der Waals surface area contributed by atoms with E-state index in [1.807, 2.05) is 84.9 Å². The van der Waals surface area contributed by atoms with Crippen LogP contribution in [0.2, 0.25) is 0 Å². The number of nitrogens with one attached hydrogen (secondary N) is 2. The molecule has 0 saturated carbocycles. The second-order valence-corrected chi connectivity index (χ2v) is 7.33. The summed E-state index contributed by atoms with van der Waals surface area (Å²) in [7, 11) is 1.61. The van der Waals surface area contributed by atoms with Gasteiger partial charge in [-0.15, -0.1) is 0 Å². The zero-order valence-electron chi connectivity index (χ0n) is 17.6. The molecule has 1 heterocycles. The largest absolute Gasteiger partial charge is 0.497 e. The Labute approximate surface area is 185 Å². The topological polar surface area (TPSA) is 84.1 Å². The first-order valence-electron chi connectivity index (χ1n) is 10.3. The SMILES string of the molecule is COc1ccc(Cc2nc(C(=O)NC(c3ccccc3)c3ccccc3)cc(=O)[nH]2)cc1. The lowest BCUT2D eigenvalue weighted by molar-refractivity contribution is 0.0937. The molecule has 1 amide bonds. The summed E-state index contributed by atoms with van der Waals surface area (Å²) in [5.74, 6) is 0.754. The van der Waals surface area contributed by atoms with Crippen LogP contribution in [-0.4, -0.2) is 23.0 Å². The molecule has 2 N–H and O–H groups in total. The highest BCUT2D eigenvalue weighted by Gasteiger charge is 2.19. The minimum absolute atomic E-state index is 0.0779. The van der Waals surface area contributed by atoms with E-state index in [1.54, 1.807) is 7.11 Å². The van der Waals surface area contributed by atoms with Gasteiger partial charge in [0.05, 0.1) is 13.2 Å². The van der Waals surface area contributed by atoms with Crippen molar-refractivity contribution >= 4 is 5.91 Å². The number of nitrogens with zero attached hydrogens (tertiary/aromatic N) is 1. The molecule has 6 nitrogen and oxygen atoms in total. The number of rotatable bonds is 7. The van der Waals surface area contributed by atoms with Crippen molar-refractivity contribution in [3.05, 3.63) is 130 Å². The predicted octanol–water partition coefficient (Wildman–Crippen LogP) is 3.89. The van der Waals surface area contributed by atoms with Crippen LogP contribution in [0.5, 0.6) is 5.75 Å². The lowest BCUT2D eigenvalue weighted by Crippen LogP contribution is -2.31. The van der Waals surface area contributed by atoms with Crippen molar-refractivity contribution < 1.29 is 9.53 Å². The minimum atomic E-state index is -0.412. The van der Waals surface area contributed by atoms with Gasteiger partial charge in [-0.25, -0.2) is 4.98 Å². The molecule has 0 bridgehead atoms. The summed E-state index contributed by atoms with van der Waals surface area (Å²) in [5, 5.41) is 3.03. The normalized spacial score (nSPS) is 10.7. The lowest BCUT2D eigenvalue weighted by Gasteiger charge is -2.19. The van der Waals surface area contributed by atoms with Crippen LogP contribution in [0.4, 0.5) is 0 Å². The maximum absolute atomic E-state index is 13.1. The van der Waals surface area contributed by atoms with Crippen molar-refractivity contribution in [2.45, 2.75) is 12.5 Å². The van der Waals surface area contributed by atoms with Crippen molar-refractivity contribution in [1.29, 1.82) is 0 Å². The van der Waals surface area contributed by atoms with Crippen molar-refractivity contribution in [3.8, 4) is 5.75 Å². The van der Waals surface area contributed by atoms with Crippen LogP contribution >= 0.6 is 0 Å². The van der Waals surface area contributed by atoms with Gasteiger partial charge in [-0.05, 0) is 28.8 Å². The zero-order chi connectivity index (χ0) is 22.3. The summed E-state index contributed by atoms with van der Waals surface area (Å²) in [6, 6.07) is 27.7. The molecule has 0 unspecified atom stereocenters. The number of aromatic amines is 1. The molecule has 6 heteroatoms. The Bertz CT molecular complexity index is 1200. The van der Waals surface area contributed by atoms with Crippen LogP contribution in [0, 0.1) is 0 Å². The molecule has 0 aliphatic heterocycles. The van der Waals surface area contributed by atoms with Crippen LogP contribution in [0.25, 0.3) is 0 Å². The average molecular weight is 425 g/mol. The average Bonchev–Trinajstić information content (AvgIpc) is 2.83. The van der Waals surface area contributed by atoms with Gasteiger partial charge in [0.1, 0.15) is 17.3 Å². The van der Waals surface area contributed by atoms with Gasteiger partial charge in [-0.2, -0.15) is 0 Å². The number of ether oxygens (including phenoxy) is 1. The first-order chi connectivity index (χ1) is 15.6. The maximum Gasteiger partial charge on any atom is 0.270 e. The Hall–Kier alpha value is -4.19. The van der Waals surface area contributed by atoms with Crippen LogP contribution in [0.15, 0.2) is 95.8 Å². The van der Waals surface area contributed by atoms with Crippen molar-refractivity contribution in [2.75, 3.05) is 7.11 Å². The highest BCUT2D eigenvalue weighted by Crippen LogP contribution is 2.22. The van der Waals surface area contributed by atoms with E-state index in [4.69, 9.17) is 4.74 Å². The second kappa shape index (κ2) is 9.75. The van der Waals surface area contributed by atoms with E-state index in [0.717, 1.165) is 22.4 Å². The van der Waals surface area contributed by atoms with E-state index in [1.165, 1.54) is 6.07 Å². The Morgan fingerprint density at radius 3 is 2.09 bits per heavy atom. The molecule has 0 spiro atoms. The molecular weight excluding hydrogens is 402 g/mol. The summed E-state index contributed by atoms with van der Waals surface area (Å²) < 4.78 is 5.17. The third-order valence-electron chi connectivity index (χ3n) is 5.10. The van der Waals surface area contributed by atoms with E-state index in [2.05, 4.69) is 15.3 Å². The predicted molar refractivity (Wildman–Crippen MR) is 123 cm³/mol. The Morgan fingerprint density at radius 1 is 0.938 bits per heavy atom. The molecule has 4 rings (SSSR count). The Kier molecular flexibility index (Phi) is 6.41.